The maximum Gasteiger partial charge on any atom is 0.238 e. The molecule has 0 radical (unpaired) electrons. The number of nitrogens with two attached hydrogens (primary N) is 1. The summed E-state index contributed by atoms with van der Waals surface area (Å²) in [6.07, 6.45) is 3.74. The van der Waals surface area contributed by atoms with Crippen LogP contribution in [-0.4, -0.2) is 35.0 Å². The predicted molar refractivity (Wildman–Crippen MR) is 124 cm³/mol. The third-order valence-corrected chi connectivity index (χ3v) is 6.15. The largest absolute Gasteiger partial charge is 0.483 e. The molecule has 0 bridgehead atoms. The number of aromatic nitrogens is 3. The average Bonchev–Trinajstić information content (AvgIpc) is 3.28. The lowest BCUT2D eigenvalue weighted by molar-refractivity contribution is 0.0854. The normalized spacial score (nSPS) is 13.6. The minimum absolute atomic E-state index is 0.00764. The number of carbonyl (C=O) groups excluding carboxylic acids is 2. The molecule has 0 atom stereocenters. The maximum atomic E-state index is 13.1. The van der Waals surface area contributed by atoms with E-state index in [2.05, 4.69) is 10.3 Å². The van der Waals surface area contributed by atoms with Gasteiger partial charge in [-0.05, 0) is 44.5 Å². The average molecular weight is 479 g/mol. The van der Waals surface area contributed by atoms with Crippen molar-refractivity contribution in [3.8, 4) is 5.69 Å². The van der Waals surface area contributed by atoms with Gasteiger partial charge in [0.2, 0.25) is 15.8 Å². The van der Waals surface area contributed by atoms with Gasteiger partial charge in [-0.2, -0.15) is 0 Å². The van der Waals surface area contributed by atoms with Crippen LogP contribution >= 0.6 is 0 Å². The number of hydrogen-bond donors (Lipinski definition) is 1. The Morgan fingerprint density at radius 3 is 2.29 bits per heavy atom. The van der Waals surface area contributed by atoms with Crippen LogP contribution in [0.5, 0.6) is 0 Å². The standard InChI is InChI=1S/C24H22N4O5S/c1-15(2)7-12-21-22(29)19-5-3-4-6-20(19)23(30)24(21)33-14-16-13-28(27-26-16)17-8-10-18(11-9-17)34(25,31)32/h3-11,13H,12,14H2,1-2H3,(H2,25,31,32). The van der Waals surface area contributed by atoms with Crippen molar-refractivity contribution in [2.24, 2.45) is 5.14 Å². The summed E-state index contributed by atoms with van der Waals surface area (Å²) in [4.78, 5) is 26.2. The van der Waals surface area contributed by atoms with Gasteiger partial charge in [0.1, 0.15) is 12.3 Å². The third-order valence-electron chi connectivity index (χ3n) is 5.22. The van der Waals surface area contributed by atoms with E-state index in [4.69, 9.17) is 9.88 Å². The van der Waals surface area contributed by atoms with E-state index in [0.29, 0.717) is 28.1 Å². The van der Waals surface area contributed by atoms with Crippen molar-refractivity contribution in [2.75, 3.05) is 0 Å². The summed E-state index contributed by atoms with van der Waals surface area (Å²) in [7, 11) is -3.80. The summed E-state index contributed by atoms with van der Waals surface area (Å²) in [5.74, 6) is -0.576. The Hall–Kier alpha value is -3.89. The van der Waals surface area contributed by atoms with Crippen molar-refractivity contribution in [1.82, 2.24) is 15.0 Å². The number of sulfonamides is 1. The van der Waals surface area contributed by atoms with Gasteiger partial charge < -0.3 is 4.74 Å². The van der Waals surface area contributed by atoms with Gasteiger partial charge in [-0.25, -0.2) is 18.2 Å². The number of fused-ring (bicyclic) bond motifs is 1. The van der Waals surface area contributed by atoms with Gasteiger partial charge in [0, 0.05) is 11.1 Å². The fourth-order valence-corrected chi connectivity index (χ4v) is 3.99. The van der Waals surface area contributed by atoms with Crippen LogP contribution in [0.3, 0.4) is 0 Å². The first kappa shape index (κ1) is 23.3. The number of ketones is 2. The fourth-order valence-electron chi connectivity index (χ4n) is 3.47. The predicted octanol–water partition coefficient (Wildman–Crippen LogP) is 3.12. The fraction of sp³-hybridized carbons (Fsp3) is 0.167. The Balaban J connectivity index is 1.58. The first-order valence-corrected chi connectivity index (χ1v) is 11.9. The van der Waals surface area contributed by atoms with Crippen LogP contribution in [0, 0.1) is 0 Å². The molecule has 34 heavy (non-hydrogen) atoms. The minimum atomic E-state index is -3.80. The second-order valence-electron chi connectivity index (χ2n) is 7.98. The number of rotatable bonds is 7. The van der Waals surface area contributed by atoms with Gasteiger partial charge in [-0.15, -0.1) is 5.10 Å². The van der Waals surface area contributed by atoms with Gasteiger partial charge in [0.15, 0.2) is 11.5 Å². The highest BCUT2D eigenvalue weighted by Gasteiger charge is 2.33. The van der Waals surface area contributed by atoms with E-state index in [-0.39, 0.29) is 35.2 Å². The Morgan fingerprint density at radius 1 is 1.03 bits per heavy atom. The first-order chi connectivity index (χ1) is 16.1. The molecule has 0 spiro atoms. The molecule has 2 aromatic carbocycles. The molecule has 0 aliphatic heterocycles. The number of Topliss-reactive ketones (excluding diaryl/α,β-unsaturated/α-hetero) is 2. The van der Waals surface area contributed by atoms with Crippen molar-refractivity contribution in [2.45, 2.75) is 31.8 Å². The Bertz CT molecular complexity index is 1450. The van der Waals surface area contributed by atoms with E-state index in [9.17, 15) is 18.0 Å². The molecule has 1 aromatic heterocycles. The zero-order valence-corrected chi connectivity index (χ0v) is 19.4. The Labute approximate surface area is 196 Å². The first-order valence-electron chi connectivity index (χ1n) is 10.4. The highest BCUT2D eigenvalue weighted by atomic mass is 32.2. The molecule has 0 amide bonds. The molecule has 10 heteroatoms. The minimum Gasteiger partial charge on any atom is -0.483 e. The third kappa shape index (κ3) is 4.73. The number of hydrogen-bond acceptors (Lipinski definition) is 7. The highest BCUT2D eigenvalue weighted by Crippen LogP contribution is 2.30. The Kier molecular flexibility index (Phi) is 6.27. The van der Waals surface area contributed by atoms with E-state index < -0.39 is 10.0 Å². The summed E-state index contributed by atoms with van der Waals surface area (Å²) in [6, 6.07) is 12.5. The molecule has 1 aliphatic rings. The molecule has 174 valence electrons. The lowest BCUT2D eigenvalue weighted by atomic mass is 9.86. The van der Waals surface area contributed by atoms with E-state index >= 15 is 0 Å². The molecule has 1 heterocycles. The number of benzene rings is 2. The zero-order valence-electron chi connectivity index (χ0n) is 18.6. The maximum absolute atomic E-state index is 13.1. The van der Waals surface area contributed by atoms with E-state index in [1.165, 1.54) is 16.8 Å². The number of nitrogens with zero attached hydrogens (tertiary/aromatic N) is 3. The van der Waals surface area contributed by atoms with Crippen molar-refractivity contribution in [3.63, 3.8) is 0 Å². The summed E-state index contributed by atoms with van der Waals surface area (Å²) in [6.45, 7) is 3.75. The molecule has 0 saturated carbocycles. The van der Waals surface area contributed by atoms with Crippen LogP contribution in [0.15, 0.2) is 82.6 Å². The molecular weight excluding hydrogens is 456 g/mol. The second-order valence-corrected chi connectivity index (χ2v) is 9.54. The number of allylic oxidation sites excluding steroid dienone is 4. The van der Waals surface area contributed by atoms with E-state index in [1.54, 1.807) is 42.6 Å². The van der Waals surface area contributed by atoms with Gasteiger partial charge in [0.25, 0.3) is 0 Å². The van der Waals surface area contributed by atoms with E-state index in [1.807, 2.05) is 19.9 Å². The number of carbonyl (C=O) groups is 2. The molecular formula is C24H22N4O5S. The van der Waals surface area contributed by atoms with Gasteiger partial charge in [-0.3, -0.25) is 9.59 Å². The van der Waals surface area contributed by atoms with Crippen LogP contribution < -0.4 is 5.14 Å². The molecule has 3 aromatic rings. The Morgan fingerprint density at radius 2 is 1.68 bits per heavy atom. The molecule has 2 N–H and O–H groups in total. The molecule has 0 fully saturated rings. The van der Waals surface area contributed by atoms with Crippen LogP contribution in [0.1, 0.15) is 46.7 Å². The van der Waals surface area contributed by atoms with Gasteiger partial charge >= 0.3 is 0 Å². The molecule has 1 aliphatic carbocycles. The SMILES string of the molecule is CC(C)=CCC1=C(OCc2cn(-c3ccc(S(N)(=O)=O)cc3)nn2)C(=O)c2ccccc2C1=O. The van der Waals surface area contributed by atoms with Crippen LogP contribution in [0.4, 0.5) is 0 Å². The van der Waals surface area contributed by atoms with Crippen molar-refractivity contribution in [3.05, 3.63) is 94.5 Å². The molecule has 0 unspecified atom stereocenters. The topological polar surface area (TPSA) is 134 Å². The van der Waals surface area contributed by atoms with Crippen molar-refractivity contribution >= 4 is 21.6 Å². The van der Waals surface area contributed by atoms with Crippen LogP contribution in [0.2, 0.25) is 0 Å². The smallest absolute Gasteiger partial charge is 0.238 e. The van der Waals surface area contributed by atoms with Crippen molar-refractivity contribution in [1.29, 1.82) is 0 Å². The summed E-state index contributed by atoms with van der Waals surface area (Å²) in [5, 5.41) is 13.2. The highest BCUT2D eigenvalue weighted by molar-refractivity contribution is 7.89. The summed E-state index contributed by atoms with van der Waals surface area (Å²) < 4.78 is 30.1. The van der Waals surface area contributed by atoms with Gasteiger partial charge in [0.05, 0.1) is 22.4 Å². The van der Waals surface area contributed by atoms with E-state index in [0.717, 1.165) is 5.57 Å². The quantitative estimate of drug-likeness (QED) is 0.516. The lowest BCUT2D eigenvalue weighted by Gasteiger charge is -2.20. The van der Waals surface area contributed by atoms with Crippen LogP contribution in [0.25, 0.3) is 5.69 Å². The number of ether oxygens (including phenoxy) is 1. The van der Waals surface area contributed by atoms with Crippen molar-refractivity contribution < 1.29 is 22.7 Å². The monoisotopic (exact) mass is 478 g/mol. The summed E-state index contributed by atoms with van der Waals surface area (Å²) in [5.41, 5.74) is 2.97. The van der Waals surface area contributed by atoms with Crippen LogP contribution in [-0.2, 0) is 21.4 Å². The second kappa shape index (κ2) is 9.16. The number of primary sulfonamides is 1. The molecule has 9 nitrogen and oxygen atoms in total. The summed E-state index contributed by atoms with van der Waals surface area (Å²) >= 11 is 0. The molecule has 0 saturated heterocycles. The van der Waals surface area contributed by atoms with Gasteiger partial charge in [-0.1, -0.05) is 41.1 Å². The molecule has 4 rings (SSSR count). The zero-order chi connectivity index (χ0) is 24.5. The lowest BCUT2D eigenvalue weighted by Crippen LogP contribution is -2.23.